The quantitative estimate of drug-likeness (QED) is 0.351. The molecule has 2 heteroatoms. The van der Waals surface area contributed by atoms with Crippen LogP contribution in [-0.2, 0) is 0 Å². The molecule has 2 N–H and O–H groups in total. The number of halogens is 1. The van der Waals surface area contributed by atoms with E-state index in [0.717, 1.165) is 0 Å². The average molecular weight is 369 g/mol. The number of unbranched alkanes of at least 4 members (excludes halogenated alkanes) is 10. The van der Waals surface area contributed by atoms with E-state index in [0.29, 0.717) is 0 Å². The molecule has 0 unspecified atom stereocenters. The minimum absolute atomic E-state index is 0. The molecule has 18 heavy (non-hydrogen) atoms. The summed E-state index contributed by atoms with van der Waals surface area (Å²) in [5, 5.41) is 2.53. The highest BCUT2D eigenvalue weighted by molar-refractivity contribution is 4.43. The summed E-state index contributed by atoms with van der Waals surface area (Å²) in [6.45, 7) is 7.30. The van der Waals surface area contributed by atoms with Crippen molar-refractivity contribution in [1.29, 1.82) is 0 Å². The zero-order valence-corrected chi connectivity index (χ0v) is 15.0. The predicted octanol–water partition coefficient (Wildman–Crippen LogP) is 1.27. The summed E-state index contributed by atoms with van der Waals surface area (Å²) >= 11 is 0. The highest BCUT2D eigenvalue weighted by Crippen LogP contribution is 2.04. The summed E-state index contributed by atoms with van der Waals surface area (Å²) < 4.78 is 0. The van der Waals surface area contributed by atoms with Gasteiger partial charge < -0.3 is 29.3 Å². The minimum Gasteiger partial charge on any atom is -1.00 e. The molecule has 0 spiro atoms. The monoisotopic (exact) mass is 369 g/mol. The van der Waals surface area contributed by atoms with Gasteiger partial charge in [-0.15, -0.1) is 0 Å². The second-order valence-corrected chi connectivity index (χ2v) is 5.40. The molecular formula is C16H36IN. The van der Waals surface area contributed by atoms with E-state index in [4.69, 9.17) is 0 Å². The summed E-state index contributed by atoms with van der Waals surface area (Å²) in [5.41, 5.74) is 0. The van der Waals surface area contributed by atoms with Crippen LogP contribution in [0.5, 0.6) is 0 Å². The third kappa shape index (κ3) is 19.0. The van der Waals surface area contributed by atoms with Crippen molar-refractivity contribution >= 4 is 0 Å². The van der Waals surface area contributed by atoms with Gasteiger partial charge >= 0.3 is 0 Å². The van der Waals surface area contributed by atoms with Gasteiger partial charge in [-0.2, -0.15) is 0 Å². The molecule has 0 saturated carbocycles. The summed E-state index contributed by atoms with van der Waals surface area (Å²) in [6.07, 6.45) is 17.2. The third-order valence-electron chi connectivity index (χ3n) is 3.52. The lowest BCUT2D eigenvalue weighted by Gasteiger charge is -2.02. The summed E-state index contributed by atoms with van der Waals surface area (Å²) in [4.78, 5) is 0. The molecule has 0 fully saturated rings. The van der Waals surface area contributed by atoms with Gasteiger partial charge in [-0.05, 0) is 25.7 Å². The van der Waals surface area contributed by atoms with Crippen LogP contribution in [0.1, 0.15) is 90.9 Å². The molecule has 0 aromatic rings. The van der Waals surface area contributed by atoms with Crippen LogP contribution in [0.2, 0.25) is 0 Å². The number of hydrogen-bond donors (Lipinski definition) is 1. The Kier molecular flexibility index (Phi) is 23.3. The number of hydrogen-bond acceptors (Lipinski definition) is 0. The first kappa shape index (κ1) is 21.0. The van der Waals surface area contributed by atoms with Crippen molar-refractivity contribution in [3.05, 3.63) is 0 Å². The molecule has 0 aromatic heterocycles. The predicted molar refractivity (Wildman–Crippen MR) is 78.4 cm³/mol. The normalized spacial score (nSPS) is 10.3. The van der Waals surface area contributed by atoms with Crippen LogP contribution in [0, 0.1) is 0 Å². The number of rotatable bonds is 14. The standard InChI is InChI=1S/C16H35N.HI/c1-3-5-7-9-11-13-15-17-16-14-12-10-8-6-4-2;/h17H,3-16H2,1-2H3;1H. The van der Waals surface area contributed by atoms with Gasteiger partial charge in [-0.3, -0.25) is 0 Å². The Hall–Kier alpha value is 0.690. The van der Waals surface area contributed by atoms with E-state index in [2.05, 4.69) is 19.2 Å². The molecule has 0 heterocycles. The van der Waals surface area contributed by atoms with Crippen LogP contribution < -0.4 is 29.3 Å². The van der Waals surface area contributed by atoms with Crippen LogP contribution in [0.15, 0.2) is 0 Å². The zero-order chi connectivity index (χ0) is 12.6. The highest BCUT2D eigenvalue weighted by Gasteiger charge is 1.94. The lowest BCUT2D eigenvalue weighted by molar-refractivity contribution is -0.655. The molecule has 0 aromatic carbocycles. The molecule has 0 bridgehead atoms. The van der Waals surface area contributed by atoms with Crippen molar-refractivity contribution < 1.29 is 29.3 Å². The van der Waals surface area contributed by atoms with E-state index in [1.165, 1.54) is 90.1 Å². The Morgan fingerprint density at radius 1 is 0.500 bits per heavy atom. The SMILES string of the molecule is CCCCCCCC[NH2+]CCCCCCCC.[I-]. The Balaban J connectivity index is 0. The van der Waals surface area contributed by atoms with E-state index < -0.39 is 0 Å². The van der Waals surface area contributed by atoms with Gasteiger partial charge in [-0.25, -0.2) is 0 Å². The second kappa shape index (κ2) is 20.0. The van der Waals surface area contributed by atoms with Crippen LogP contribution in [0.4, 0.5) is 0 Å². The fourth-order valence-electron chi connectivity index (χ4n) is 2.28. The molecule has 0 rings (SSSR count). The lowest BCUT2D eigenvalue weighted by atomic mass is 10.1. The van der Waals surface area contributed by atoms with Gasteiger partial charge in [0.15, 0.2) is 0 Å². The van der Waals surface area contributed by atoms with Gasteiger partial charge in [0.25, 0.3) is 0 Å². The number of nitrogens with two attached hydrogens (primary N) is 1. The van der Waals surface area contributed by atoms with Crippen LogP contribution in [0.3, 0.4) is 0 Å². The fraction of sp³-hybridized carbons (Fsp3) is 1.00. The maximum absolute atomic E-state index is 2.53. The highest BCUT2D eigenvalue weighted by atomic mass is 127. The third-order valence-corrected chi connectivity index (χ3v) is 3.52. The molecule has 0 radical (unpaired) electrons. The summed E-state index contributed by atoms with van der Waals surface area (Å²) in [7, 11) is 0. The van der Waals surface area contributed by atoms with Crippen molar-refractivity contribution in [3.63, 3.8) is 0 Å². The second-order valence-electron chi connectivity index (χ2n) is 5.40. The maximum Gasteiger partial charge on any atom is 0.0755 e. The molecule has 112 valence electrons. The van der Waals surface area contributed by atoms with E-state index in [9.17, 15) is 0 Å². The molecule has 0 atom stereocenters. The van der Waals surface area contributed by atoms with Gasteiger partial charge in [0.1, 0.15) is 0 Å². The van der Waals surface area contributed by atoms with E-state index in [1.807, 2.05) is 0 Å². The van der Waals surface area contributed by atoms with Gasteiger partial charge in [0.05, 0.1) is 13.1 Å². The van der Waals surface area contributed by atoms with Gasteiger partial charge in [0.2, 0.25) is 0 Å². The minimum atomic E-state index is 0. The first-order chi connectivity index (χ1) is 8.41. The van der Waals surface area contributed by atoms with Crippen molar-refractivity contribution in [2.24, 2.45) is 0 Å². The first-order valence-electron chi connectivity index (χ1n) is 8.23. The summed E-state index contributed by atoms with van der Waals surface area (Å²) in [5.74, 6) is 0. The van der Waals surface area contributed by atoms with Crippen LogP contribution in [0.25, 0.3) is 0 Å². The van der Waals surface area contributed by atoms with Gasteiger partial charge in [0, 0.05) is 0 Å². The zero-order valence-electron chi connectivity index (χ0n) is 12.9. The van der Waals surface area contributed by atoms with E-state index in [-0.39, 0.29) is 24.0 Å². The maximum atomic E-state index is 2.53. The Bertz CT molecular complexity index is 114. The van der Waals surface area contributed by atoms with Crippen molar-refractivity contribution in [2.75, 3.05) is 13.1 Å². The molecular weight excluding hydrogens is 333 g/mol. The van der Waals surface area contributed by atoms with Crippen LogP contribution >= 0.6 is 0 Å². The van der Waals surface area contributed by atoms with Gasteiger partial charge in [-0.1, -0.05) is 65.2 Å². The topological polar surface area (TPSA) is 16.6 Å². The van der Waals surface area contributed by atoms with E-state index >= 15 is 0 Å². The Labute approximate surface area is 133 Å². The van der Waals surface area contributed by atoms with Crippen molar-refractivity contribution in [3.8, 4) is 0 Å². The molecule has 1 nitrogen and oxygen atoms in total. The van der Waals surface area contributed by atoms with Crippen molar-refractivity contribution in [1.82, 2.24) is 0 Å². The molecule has 0 aliphatic heterocycles. The fourth-order valence-corrected chi connectivity index (χ4v) is 2.28. The average Bonchev–Trinajstić information content (AvgIpc) is 2.35. The molecule has 0 saturated heterocycles. The number of quaternary nitrogens is 1. The Morgan fingerprint density at radius 2 is 0.833 bits per heavy atom. The van der Waals surface area contributed by atoms with Crippen LogP contribution in [-0.4, -0.2) is 13.1 Å². The van der Waals surface area contributed by atoms with Crippen molar-refractivity contribution in [2.45, 2.75) is 90.9 Å². The lowest BCUT2D eigenvalue weighted by Crippen LogP contribution is -3.00. The smallest absolute Gasteiger partial charge is 0.0755 e. The largest absolute Gasteiger partial charge is 1.00 e. The molecule has 0 aliphatic carbocycles. The Morgan fingerprint density at radius 3 is 1.22 bits per heavy atom. The summed E-state index contributed by atoms with van der Waals surface area (Å²) in [6, 6.07) is 0. The first-order valence-corrected chi connectivity index (χ1v) is 8.23. The molecule has 0 aliphatic rings. The van der Waals surface area contributed by atoms with E-state index in [1.54, 1.807) is 0 Å². The molecule has 0 amide bonds.